The smallest absolute Gasteiger partial charge is 0.191 e. The zero-order chi connectivity index (χ0) is 12.3. The summed E-state index contributed by atoms with van der Waals surface area (Å²) in [5.41, 5.74) is 6.76. The number of pyridine rings is 1. The van der Waals surface area contributed by atoms with E-state index in [2.05, 4.69) is 15.2 Å². The average Bonchev–Trinajstić information content (AvgIpc) is 2.68. The van der Waals surface area contributed by atoms with Crippen LogP contribution in [0, 0.1) is 6.92 Å². The fourth-order valence-corrected chi connectivity index (χ4v) is 2.40. The van der Waals surface area contributed by atoms with Crippen LogP contribution in [0.1, 0.15) is 16.8 Å². The van der Waals surface area contributed by atoms with Crippen molar-refractivity contribution in [1.82, 2.24) is 19.7 Å². The Morgan fingerprint density at radius 1 is 1.41 bits per heavy atom. The molecule has 0 aliphatic carbocycles. The minimum atomic E-state index is 0.110. The van der Waals surface area contributed by atoms with Gasteiger partial charge in [0.05, 0.1) is 10.9 Å². The second-order valence-corrected chi connectivity index (χ2v) is 4.86. The number of rotatable bonds is 4. The van der Waals surface area contributed by atoms with Crippen molar-refractivity contribution in [2.24, 2.45) is 12.8 Å². The van der Waals surface area contributed by atoms with E-state index in [0.29, 0.717) is 6.54 Å². The highest BCUT2D eigenvalue weighted by Crippen LogP contribution is 2.31. The summed E-state index contributed by atoms with van der Waals surface area (Å²) >= 11 is 1.59. The first-order chi connectivity index (χ1) is 8.22. The summed E-state index contributed by atoms with van der Waals surface area (Å²) in [7, 11) is 1.95. The largest absolute Gasteiger partial charge is 0.329 e. The van der Waals surface area contributed by atoms with Crippen molar-refractivity contribution in [2.75, 3.05) is 6.54 Å². The highest BCUT2D eigenvalue weighted by atomic mass is 32.2. The molecule has 0 amide bonds. The third-order valence-corrected chi connectivity index (χ3v) is 3.82. The number of hydrogen-bond donors (Lipinski definition) is 1. The van der Waals surface area contributed by atoms with Gasteiger partial charge in [0.1, 0.15) is 5.82 Å². The number of nitrogens with zero attached hydrogens (tertiary/aromatic N) is 4. The van der Waals surface area contributed by atoms with Crippen molar-refractivity contribution in [3.05, 3.63) is 35.9 Å². The molecule has 0 saturated heterocycles. The Balaban J connectivity index is 2.19. The average molecular weight is 249 g/mol. The van der Waals surface area contributed by atoms with Crippen molar-refractivity contribution < 1.29 is 0 Å². The highest BCUT2D eigenvalue weighted by Gasteiger charge is 2.16. The van der Waals surface area contributed by atoms with Gasteiger partial charge in [-0.1, -0.05) is 17.8 Å². The number of nitrogens with two attached hydrogens (primary N) is 1. The quantitative estimate of drug-likeness (QED) is 0.827. The summed E-state index contributed by atoms with van der Waals surface area (Å²) in [4.78, 5) is 4.32. The molecule has 2 heterocycles. The van der Waals surface area contributed by atoms with E-state index in [1.807, 2.05) is 36.7 Å². The summed E-state index contributed by atoms with van der Waals surface area (Å²) in [6.07, 6.45) is 1.78. The van der Waals surface area contributed by atoms with Gasteiger partial charge in [-0.25, -0.2) is 0 Å². The molecule has 2 N–H and O–H groups in total. The molecule has 6 heteroatoms. The van der Waals surface area contributed by atoms with Crippen LogP contribution in [0.4, 0.5) is 0 Å². The molecule has 2 aromatic rings. The van der Waals surface area contributed by atoms with E-state index >= 15 is 0 Å². The Morgan fingerprint density at radius 2 is 2.24 bits per heavy atom. The van der Waals surface area contributed by atoms with Crippen LogP contribution in [-0.4, -0.2) is 26.3 Å². The van der Waals surface area contributed by atoms with E-state index in [-0.39, 0.29) is 5.25 Å². The molecule has 0 aromatic carbocycles. The number of thioether (sulfide) groups is 1. The number of aromatic nitrogens is 4. The first-order valence-corrected chi connectivity index (χ1v) is 6.24. The molecule has 0 spiro atoms. The molecular formula is C11H15N5S. The molecule has 0 aliphatic rings. The molecule has 17 heavy (non-hydrogen) atoms. The Labute approximate surface area is 104 Å². The third kappa shape index (κ3) is 2.65. The minimum Gasteiger partial charge on any atom is -0.329 e. The summed E-state index contributed by atoms with van der Waals surface area (Å²) < 4.78 is 1.95. The van der Waals surface area contributed by atoms with Gasteiger partial charge in [0.2, 0.25) is 0 Å². The SMILES string of the molecule is Cc1nnc(SC(CN)c2ccccn2)n1C. The van der Waals surface area contributed by atoms with E-state index < -0.39 is 0 Å². The maximum absolute atomic E-state index is 5.79. The molecule has 1 unspecified atom stereocenters. The summed E-state index contributed by atoms with van der Waals surface area (Å²) in [6, 6.07) is 5.84. The van der Waals surface area contributed by atoms with Crippen LogP contribution < -0.4 is 5.73 Å². The van der Waals surface area contributed by atoms with Gasteiger partial charge < -0.3 is 10.3 Å². The molecule has 5 nitrogen and oxygen atoms in total. The second kappa shape index (κ2) is 5.29. The molecule has 2 aromatic heterocycles. The lowest BCUT2D eigenvalue weighted by molar-refractivity contribution is 0.758. The first kappa shape index (κ1) is 12.1. The summed E-state index contributed by atoms with van der Waals surface area (Å²) in [5.74, 6) is 0.893. The van der Waals surface area contributed by atoms with E-state index in [1.54, 1.807) is 18.0 Å². The molecular weight excluding hydrogens is 234 g/mol. The molecule has 0 saturated carbocycles. The van der Waals surface area contributed by atoms with Crippen LogP contribution in [-0.2, 0) is 7.05 Å². The standard InChI is InChI=1S/C11H15N5S/c1-8-14-15-11(16(8)2)17-10(7-12)9-5-3-4-6-13-9/h3-6,10H,7,12H2,1-2H3. The number of aryl methyl sites for hydroxylation is 1. The van der Waals surface area contributed by atoms with Gasteiger partial charge in [0.25, 0.3) is 0 Å². The molecule has 0 bridgehead atoms. The van der Waals surface area contributed by atoms with Crippen molar-refractivity contribution >= 4 is 11.8 Å². The summed E-state index contributed by atoms with van der Waals surface area (Å²) in [6.45, 7) is 2.45. The second-order valence-electron chi connectivity index (χ2n) is 3.69. The van der Waals surface area contributed by atoms with Gasteiger partial charge in [-0.05, 0) is 19.1 Å². The Hall–Kier alpha value is -1.40. The maximum Gasteiger partial charge on any atom is 0.191 e. The lowest BCUT2D eigenvalue weighted by Crippen LogP contribution is -2.11. The zero-order valence-electron chi connectivity index (χ0n) is 9.87. The Kier molecular flexibility index (Phi) is 3.75. The third-order valence-electron chi connectivity index (χ3n) is 2.53. The van der Waals surface area contributed by atoms with Gasteiger partial charge in [-0.15, -0.1) is 10.2 Å². The van der Waals surface area contributed by atoms with Crippen LogP contribution in [0.25, 0.3) is 0 Å². The van der Waals surface area contributed by atoms with Crippen LogP contribution in [0.2, 0.25) is 0 Å². The normalized spacial score (nSPS) is 12.6. The van der Waals surface area contributed by atoms with Crippen LogP contribution >= 0.6 is 11.8 Å². The molecule has 0 radical (unpaired) electrons. The van der Waals surface area contributed by atoms with Crippen LogP contribution in [0.15, 0.2) is 29.6 Å². The van der Waals surface area contributed by atoms with Crippen molar-refractivity contribution in [1.29, 1.82) is 0 Å². The fourth-order valence-electron chi connectivity index (χ4n) is 1.41. The van der Waals surface area contributed by atoms with E-state index in [0.717, 1.165) is 16.7 Å². The fraction of sp³-hybridized carbons (Fsp3) is 0.364. The zero-order valence-corrected chi connectivity index (χ0v) is 10.7. The molecule has 2 rings (SSSR count). The molecule has 0 aliphatic heterocycles. The maximum atomic E-state index is 5.79. The van der Waals surface area contributed by atoms with Crippen molar-refractivity contribution in [3.8, 4) is 0 Å². The summed E-state index contributed by atoms with van der Waals surface area (Å²) in [5, 5.41) is 9.12. The highest BCUT2D eigenvalue weighted by molar-refractivity contribution is 7.99. The van der Waals surface area contributed by atoms with Gasteiger partial charge >= 0.3 is 0 Å². The van der Waals surface area contributed by atoms with Gasteiger partial charge in [0.15, 0.2) is 5.16 Å². The Morgan fingerprint density at radius 3 is 2.76 bits per heavy atom. The number of hydrogen-bond acceptors (Lipinski definition) is 5. The minimum absolute atomic E-state index is 0.110. The molecule has 0 fully saturated rings. The van der Waals surface area contributed by atoms with Crippen LogP contribution in [0.5, 0.6) is 0 Å². The topological polar surface area (TPSA) is 69.6 Å². The lowest BCUT2D eigenvalue weighted by atomic mass is 10.3. The molecule has 90 valence electrons. The van der Waals surface area contributed by atoms with Crippen molar-refractivity contribution in [3.63, 3.8) is 0 Å². The lowest BCUT2D eigenvalue weighted by Gasteiger charge is -2.12. The van der Waals surface area contributed by atoms with E-state index in [9.17, 15) is 0 Å². The van der Waals surface area contributed by atoms with E-state index in [4.69, 9.17) is 5.73 Å². The van der Waals surface area contributed by atoms with Gasteiger partial charge in [0, 0.05) is 19.8 Å². The predicted octanol–water partition coefficient (Wildman–Crippen LogP) is 1.31. The van der Waals surface area contributed by atoms with Gasteiger partial charge in [-0.2, -0.15) is 0 Å². The van der Waals surface area contributed by atoms with Crippen molar-refractivity contribution in [2.45, 2.75) is 17.3 Å². The van der Waals surface area contributed by atoms with Crippen LogP contribution in [0.3, 0.4) is 0 Å². The van der Waals surface area contributed by atoms with E-state index in [1.165, 1.54) is 0 Å². The first-order valence-electron chi connectivity index (χ1n) is 5.36. The predicted molar refractivity (Wildman–Crippen MR) is 67.6 cm³/mol. The monoisotopic (exact) mass is 249 g/mol. The Bertz CT molecular complexity index is 482. The molecule has 1 atom stereocenters. The van der Waals surface area contributed by atoms with Gasteiger partial charge in [-0.3, -0.25) is 4.98 Å².